The number of thioether (sulfide) groups is 1. The molecule has 1 fully saturated rings. The largest absolute Gasteiger partial charge is 0.468 e. The lowest BCUT2D eigenvalue weighted by Crippen LogP contribution is -2.51. The Hall–Kier alpha value is -2.06. The van der Waals surface area contributed by atoms with E-state index in [1.54, 1.807) is 0 Å². The maximum atomic E-state index is 12.7. The topological polar surface area (TPSA) is 93.7 Å². The predicted octanol–water partition coefficient (Wildman–Crippen LogP) is 1.71. The number of rotatable bonds is 7. The summed E-state index contributed by atoms with van der Waals surface area (Å²) in [5, 5.41) is 5.03. The zero-order valence-corrected chi connectivity index (χ0v) is 15.9. The standard InChI is InChI=1S/C18H24N2O5S/c1-11(2)14(15(21)16-19-13(10-26-16)17(22)24-3)20-18(23)25-9-12-7-5-4-6-8-12/h4-8,11,13-14,16,19H,9-10H2,1-3H3,(H,20,23)/t13-,14-,16+/m0/s1. The Labute approximate surface area is 157 Å². The molecular weight excluding hydrogens is 356 g/mol. The lowest BCUT2D eigenvalue weighted by atomic mass is 9.99. The summed E-state index contributed by atoms with van der Waals surface area (Å²) in [4.78, 5) is 36.4. The second-order valence-electron chi connectivity index (χ2n) is 6.29. The van der Waals surface area contributed by atoms with Crippen molar-refractivity contribution in [3.05, 3.63) is 35.9 Å². The van der Waals surface area contributed by atoms with Crippen molar-refractivity contribution in [1.82, 2.24) is 10.6 Å². The van der Waals surface area contributed by atoms with E-state index in [9.17, 15) is 14.4 Å². The lowest BCUT2D eigenvalue weighted by Gasteiger charge is -2.23. The summed E-state index contributed by atoms with van der Waals surface area (Å²) in [6.45, 7) is 3.82. The van der Waals surface area contributed by atoms with E-state index in [-0.39, 0.29) is 18.3 Å². The van der Waals surface area contributed by atoms with E-state index in [1.165, 1.54) is 18.9 Å². The number of carbonyl (C=O) groups is 3. The van der Waals surface area contributed by atoms with Crippen molar-refractivity contribution in [2.75, 3.05) is 12.9 Å². The molecular formula is C18H24N2O5S. The van der Waals surface area contributed by atoms with E-state index >= 15 is 0 Å². The van der Waals surface area contributed by atoms with Crippen molar-refractivity contribution in [3.8, 4) is 0 Å². The molecule has 0 radical (unpaired) electrons. The molecule has 8 heteroatoms. The Kier molecular flexibility index (Phi) is 7.47. The number of ketones is 1. The van der Waals surface area contributed by atoms with Crippen LogP contribution in [0.2, 0.25) is 0 Å². The number of nitrogens with one attached hydrogen (secondary N) is 2. The van der Waals surface area contributed by atoms with Crippen molar-refractivity contribution in [2.24, 2.45) is 5.92 Å². The number of esters is 1. The SMILES string of the molecule is COC(=O)[C@@H]1CS[C@H](C(=O)[C@@H](NC(=O)OCc2ccccc2)C(C)C)N1. The fourth-order valence-electron chi connectivity index (χ4n) is 2.54. The van der Waals surface area contributed by atoms with Crippen LogP contribution in [-0.2, 0) is 25.7 Å². The van der Waals surface area contributed by atoms with Crippen LogP contribution in [0.25, 0.3) is 0 Å². The predicted molar refractivity (Wildman–Crippen MR) is 98.6 cm³/mol. The molecule has 1 aliphatic heterocycles. The van der Waals surface area contributed by atoms with Gasteiger partial charge in [0.05, 0.1) is 13.2 Å². The second kappa shape index (κ2) is 9.59. The van der Waals surface area contributed by atoms with Gasteiger partial charge in [-0.15, -0.1) is 11.8 Å². The van der Waals surface area contributed by atoms with E-state index in [0.29, 0.717) is 5.75 Å². The van der Waals surface area contributed by atoms with Gasteiger partial charge in [0.15, 0.2) is 5.78 Å². The minimum atomic E-state index is -0.709. The maximum absolute atomic E-state index is 12.7. The first-order chi connectivity index (χ1) is 12.4. The molecule has 1 aliphatic rings. The maximum Gasteiger partial charge on any atom is 0.408 e. The third-order valence-electron chi connectivity index (χ3n) is 3.99. The third-order valence-corrected chi connectivity index (χ3v) is 5.21. The van der Waals surface area contributed by atoms with Gasteiger partial charge in [0.1, 0.15) is 18.0 Å². The van der Waals surface area contributed by atoms with Crippen LogP contribution in [0, 0.1) is 5.92 Å². The van der Waals surface area contributed by atoms with Gasteiger partial charge in [-0.05, 0) is 11.5 Å². The van der Waals surface area contributed by atoms with Crippen LogP contribution >= 0.6 is 11.8 Å². The van der Waals surface area contributed by atoms with Crippen LogP contribution in [0.1, 0.15) is 19.4 Å². The normalized spacial score (nSPS) is 20.5. The number of alkyl carbamates (subject to hydrolysis) is 1. The summed E-state index contributed by atoms with van der Waals surface area (Å²) in [7, 11) is 1.31. The van der Waals surface area contributed by atoms with Gasteiger partial charge in [-0.3, -0.25) is 14.9 Å². The molecule has 1 amide bonds. The van der Waals surface area contributed by atoms with Gasteiger partial charge in [0.2, 0.25) is 0 Å². The van der Waals surface area contributed by atoms with Crippen molar-refractivity contribution >= 4 is 29.6 Å². The number of Topliss-reactive ketones (excluding diaryl/α,β-unsaturated/α-hetero) is 1. The van der Waals surface area contributed by atoms with Crippen LogP contribution in [0.3, 0.4) is 0 Å². The molecule has 2 N–H and O–H groups in total. The van der Waals surface area contributed by atoms with Crippen LogP contribution in [0.4, 0.5) is 4.79 Å². The minimum Gasteiger partial charge on any atom is -0.468 e. The molecule has 1 heterocycles. The molecule has 0 bridgehead atoms. The van der Waals surface area contributed by atoms with E-state index in [2.05, 4.69) is 10.6 Å². The van der Waals surface area contributed by atoms with Gasteiger partial charge >= 0.3 is 12.1 Å². The fourth-order valence-corrected chi connectivity index (χ4v) is 3.72. The Bertz CT molecular complexity index is 638. The summed E-state index contributed by atoms with van der Waals surface area (Å²) >= 11 is 1.33. The first-order valence-corrected chi connectivity index (χ1v) is 9.43. The van der Waals surface area contributed by atoms with Gasteiger partial charge in [-0.25, -0.2) is 4.79 Å². The highest BCUT2D eigenvalue weighted by molar-refractivity contribution is 8.00. The highest BCUT2D eigenvalue weighted by atomic mass is 32.2. The molecule has 1 saturated heterocycles. The summed E-state index contributed by atoms with van der Waals surface area (Å²) in [5.41, 5.74) is 0.865. The molecule has 0 unspecified atom stereocenters. The number of hydrogen-bond acceptors (Lipinski definition) is 7. The van der Waals surface area contributed by atoms with Crippen molar-refractivity contribution in [1.29, 1.82) is 0 Å². The van der Waals surface area contributed by atoms with Crippen molar-refractivity contribution in [2.45, 2.75) is 37.9 Å². The molecule has 26 heavy (non-hydrogen) atoms. The number of ether oxygens (including phenoxy) is 2. The van der Waals surface area contributed by atoms with Gasteiger partial charge in [-0.2, -0.15) is 0 Å². The Morgan fingerprint density at radius 2 is 1.96 bits per heavy atom. The van der Waals surface area contributed by atoms with Gasteiger partial charge in [-0.1, -0.05) is 44.2 Å². The Morgan fingerprint density at radius 1 is 1.27 bits per heavy atom. The summed E-state index contributed by atoms with van der Waals surface area (Å²) < 4.78 is 9.89. The van der Waals surface area contributed by atoms with Crippen molar-refractivity contribution < 1.29 is 23.9 Å². The van der Waals surface area contributed by atoms with E-state index in [1.807, 2.05) is 44.2 Å². The molecule has 7 nitrogen and oxygen atoms in total. The summed E-state index contributed by atoms with van der Waals surface area (Å²) in [5.74, 6) is -0.254. The molecule has 3 atom stereocenters. The molecule has 2 rings (SSSR count). The first kappa shape index (κ1) is 20.3. The average Bonchev–Trinajstić information content (AvgIpc) is 3.14. The van der Waals surface area contributed by atoms with Gasteiger partial charge < -0.3 is 14.8 Å². The fraction of sp³-hybridized carbons (Fsp3) is 0.500. The number of amides is 1. The van der Waals surface area contributed by atoms with Crippen molar-refractivity contribution in [3.63, 3.8) is 0 Å². The van der Waals surface area contributed by atoms with Gasteiger partial charge in [0.25, 0.3) is 0 Å². The lowest BCUT2D eigenvalue weighted by molar-refractivity contribution is -0.142. The minimum absolute atomic E-state index is 0.119. The van der Waals surface area contributed by atoms with E-state index < -0.39 is 29.5 Å². The third kappa shape index (κ3) is 5.47. The summed E-state index contributed by atoms with van der Waals surface area (Å²) in [6.07, 6.45) is -0.645. The highest BCUT2D eigenvalue weighted by Crippen LogP contribution is 2.23. The molecule has 0 spiro atoms. The van der Waals surface area contributed by atoms with E-state index in [0.717, 1.165) is 5.56 Å². The number of benzene rings is 1. The quantitative estimate of drug-likeness (QED) is 0.696. The highest BCUT2D eigenvalue weighted by Gasteiger charge is 2.38. The summed E-state index contributed by atoms with van der Waals surface area (Å²) in [6, 6.07) is 8.08. The van der Waals surface area contributed by atoms with Gasteiger partial charge in [0, 0.05) is 5.75 Å². The number of hydrogen-bond donors (Lipinski definition) is 2. The zero-order chi connectivity index (χ0) is 19.1. The van der Waals surface area contributed by atoms with E-state index in [4.69, 9.17) is 9.47 Å². The second-order valence-corrected chi connectivity index (χ2v) is 7.42. The molecule has 1 aromatic carbocycles. The number of methoxy groups -OCH3 is 1. The molecule has 0 aliphatic carbocycles. The van der Waals surface area contributed by atoms with Crippen LogP contribution in [-0.4, -0.2) is 48.2 Å². The smallest absolute Gasteiger partial charge is 0.408 e. The molecule has 0 saturated carbocycles. The zero-order valence-electron chi connectivity index (χ0n) is 15.1. The number of carbonyl (C=O) groups excluding carboxylic acids is 3. The Balaban J connectivity index is 1.90. The molecule has 1 aromatic rings. The van der Waals surface area contributed by atoms with Crippen LogP contribution in [0.5, 0.6) is 0 Å². The molecule has 0 aromatic heterocycles. The first-order valence-electron chi connectivity index (χ1n) is 8.38. The van der Waals surface area contributed by atoms with Crippen LogP contribution < -0.4 is 10.6 Å². The Morgan fingerprint density at radius 3 is 2.58 bits per heavy atom. The molecule has 142 valence electrons. The monoisotopic (exact) mass is 380 g/mol. The average molecular weight is 380 g/mol. The van der Waals surface area contributed by atoms with Crippen LogP contribution in [0.15, 0.2) is 30.3 Å².